The summed E-state index contributed by atoms with van der Waals surface area (Å²) in [7, 11) is -3.12. The van der Waals surface area contributed by atoms with Crippen molar-refractivity contribution in [3.63, 3.8) is 0 Å². The number of rotatable bonds is 15. The number of nitrogen functional groups attached to an aromatic ring is 2. The number of para-hydroxylation sites is 1. The molecule has 12 rings (SSSR count). The number of nitrogens with one attached hydrogen (secondary N) is 2. The molecule has 0 saturated carbocycles. The van der Waals surface area contributed by atoms with E-state index in [1.165, 1.54) is 34.4 Å². The lowest BCUT2D eigenvalue weighted by molar-refractivity contribution is -0.124. The summed E-state index contributed by atoms with van der Waals surface area (Å²) in [5, 5.41) is 14.6. The first kappa shape index (κ1) is 58.8. The van der Waals surface area contributed by atoms with E-state index in [0.29, 0.717) is 61.4 Å². The van der Waals surface area contributed by atoms with Gasteiger partial charge in [0.2, 0.25) is 17.7 Å². The number of nitrogens with zero attached hydrogens (tertiary/aromatic N) is 12. The zero-order chi connectivity index (χ0) is 59.9. The molecule has 3 fully saturated rings. The van der Waals surface area contributed by atoms with Crippen LogP contribution in [0.5, 0.6) is 0 Å². The van der Waals surface area contributed by atoms with Gasteiger partial charge in [-0.2, -0.15) is 0 Å². The highest BCUT2D eigenvalue weighted by Crippen LogP contribution is 2.65. The Kier molecular flexibility index (Phi) is 16.8. The summed E-state index contributed by atoms with van der Waals surface area (Å²) in [6.45, 7) is -3.41. The maximum atomic E-state index is 17.0. The number of fused-ring (bicyclic) bond motifs is 9. The van der Waals surface area contributed by atoms with Crippen LogP contribution in [0, 0.1) is 0 Å². The lowest BCUT2D eigenvalue weighted by Gasteiger charge is -2.30. The third kappa shape index (κ3) is 12.0. The van der Waals surface area contributed by atoms with Gasteiger partial charge in [-0.15, -0.1) is 5.10 Å². The topological polar surface area (TPSA) is 338 Å². The molecule has 0 bridgehead atoms. The number of aryl methyl sites for hydroxylation is 1. The van der Waals surface area contributed by atoms with E-state index in [-0.39, 0.29) is 64.5 Å². The minimum atomic E-state index is -4.57. The van der Waals surface area contributed by atoms with E-state index < -0.39 is 82.6 Å². The molecule has 6 N–H and O–H groups in total. The van der Waals surface area contributed by atoms with Crippen molar-refractivity contribution in [2.45, 2.75) is 107 Å². The number of hydrogen-bond acceptors (Lipinski definition) is 22. The molecule has 0 aliphatic carbocycles. The van der Waals surface area contributed by atoms with E-state index in [0.717, 1.165) is 41.3 Å². The molecule has 3 aromatic carbocycles. The molecule has 33 heteroatoms. The van der Waals surface area contributed by atoms with Crippen LogP contribution in [0.4, 0.5) is 31.8 Å². The van der Waals surface area contributed by atoms with Crippen LogP contribution in [0.25, 0.3) is 44.8 Å². The molecular formula is C53H57BF2N16O11P2S. The minimum Gasteiger partial charge on any atom is -0.382 e. The molecule has 0 radical (unpaired) electrons. The van der Waals surface area contributed by atoms with Gasteiger partial charge in [0.05, 0.1) is 50.3 Å². The van der Waals surface area contributed by atoms with Crippen LogP contribution in [-0.4, -0.2) is 136 Å². The van der Waals surface area contributed by atoms with E-state index in [1.54, 1.807) is 24.3 Å². The molecule has 0 unspecified atom stereocenters. The monoisotopic (exact) mass is 1240 g/mol. The SMILES string of the molecule is B[P@]1(=O)OC[C@H]2O[C@@H](n3cnc4c(N)ncnc43)[C@H](F)[C@@H]2O[P@](=O)(SCc2ccc(NC(=O)CNC(=O)CCCCCn3nnc4c3-c3ccccc3N(C(=O)CC)Cc3ccccc3-4)cc2)OC[C@H]2O[C@@H](n3cnc4c(N)ncnc43)[C@H](F)[C@@H]2O1. The molecule has 448 valence electrons. The fraction of sp³-hybridized carbons (Fsp3) is 0.377. The lowest BCUT2D eigenvalue weighted by Crippen LogP contribution is -2.37. The summed E-state index contributed by atoms with van der Waals surface area (Å²) in [5.41, 5.74) is 18.6. The van der Waals surface area contributed by atoms with Gasteiger partial charge in [-0.3, -0.25) is 37.1 Å². The number of ether oxygens (including phenoxy) is 2. The number of unbranched alkanes of at least 4 members (excludes halogenated alkanes) is 2. The third-order valence-electron chi connectivity index (χ3n) is 15.0. The average molecular weight is 1240 g/mol. The molecule has 0 spiro atoms. The Morgan fingerprint density at radius 1 is 0.756 bits per heavy atom. The maximum Gasteiger partial charge on any atom is 0.389 e. The van der Waals surface area contributed by atoms with E-state index in [9.17, 15) is 18.9 Å². The Morgan fingerprint density at radius 2 is 1.38 bits per heavy atom. The molecule has 3 amide bonds. The number of anilines is 4. The van der Waals surface area contributed by atoms with Crippen molar-refractivity contribution in [1.82, 2.24) is 59.3 Å². The van der Waals surface area contributed by atoms with Crippen LogP contribution in [0.3, 0.4) is 0 Å². The van der Waals surface area contributed by atoms with E-state index in [4.69, 9.17) is 39.0 Å². The molecule has 4 aliphatic heterocycles. The minimum absolute atomic E-state index is 0.00569. The average Bonchev–Trinajstić information content (AvgIpc) is 1.92. The van der Waals surface area contributed by atoms with Gasteiger partial charge in [0.15, 0.2) is 47.7 Å². The Morgan fingerprint density at radius 3 is 2.06 bits per heavy atom. The predicted molar refractivity (Wildman–Crippen MR) is 313 cm³/mol. The van der Waals surface area contributed by atoms with E-state index in [1.807, 2.05) is 65.0 Å². The third-order valence-corrected chi connectivity index (χ3v) is 19.9. The van der Waals surface area contributed by atoms with Crippen LogP contribution in [-0.2, 0) is 69.9 Å². The van der Waals surface area contributed by atoms with Gasteiger partial charge in [-0.05, 0) is 53.5 Å². The fourth-order valence-corrected chi connectivity index (χ4v) is 15.3. The zero-order valence-corrected chi connectivity index (χ0v) is 48.8. The van der Waals surface area contributed by atoms with Gasteiger partial charge in [0, 0.05) is 42.0 Å². The number of benzene rings is 3. The molecule has 27 nitrogen and oxygen atoms in total. The van der Waals surface area contributed by atoms with Gasteiger partial charge in [0.1, 0.15) is 53.8 Å². The van der Waals surface area contributed by atoms with Crippen LogP contribution >= 0.6 is 25.7 Å². The molecule has 5 aromatic heterocycles. The number of carbonyl (C=O) groups is 3. The lowest BCUT2D eigenvalue weighted by atomic mass is 9.95. The highest BCUT2D eigenvalue weighted by Gasteiger charge is 2.55. The van der Waals surface area contributed by atoms with Crippen LogP contribution in [0.15, 0.2) is 98.1 Å². The van der Waals surface area contributed by atoms with Crippen molar-refractivity contribution in [2.24, 2.45) is 0 Å². The normalized spacial score (nSPS) is 25.6. The highest BCUT2D eigenvalue weighted by molar-refractivity contribution is 8.54. The van der Waals surface area contributed by atoms with E-state index >= 15 is 13.3 Å². The molecule has 9 heterocycles. The fourth-order valence-electron chi connectivity index (χ4n) is 10.8. The molecule has 4 aliphatic rings. The summed E-state index contributed by atoms with van der Waals surface area (Å²) in [6.07, 6.45) is -6.06. The number of aromatic nitrogens is 11. The quantitative estimate of drug-likeness (QED) is 0.0490. The smallest absolute Gasteiger partial charge is 0.382 e. The van der Waals surface area contributed by atoms with Gasteiger partial charge in [0.25, 0.3) is 15.0 Å². The van der Waals surface area contributed by atoms with Gasteiger partial charge < -0.3 is 45.5 Å². The molecule has 8 aromatic rings. The van der Waals surface area contributed by atoms with Gasteiger partial charge in [-0.1, -0.05) is 73.2 Å². The molecule has 86 heavy (non-hydrogen) atoms. The number of hydrogen-bond donors (Lipinski definition) is 4. The van der Waals surface area contributed by atoms with Gasteiger partial charge >= 0.3 is 6.80 Å². The first-order chi connectivity index (χ1) is 41.5. The van der Waals surface area contributed by atoms with E-state index in [2.05, 4.69) is 50.8 Å². The molecule has 10 atom stereocenters. The second kappa shape index (κ2) is 24.6. The van der Waals surface area contributed by atoms with Gasteiger partial charge in [-0.25, -0.2) is 47.9 Å². The first-order valence-electron chi connectivity index (χ1n) is 27.6. The summed E-state index contributed by atoms with van der Waals surface area (Å²) < 4.78 is 103. The number of alkyl halides is 2. The van der Waals surface area contributed by atoms with Crippen molar-refractivity contribution in [1.29, 1.82) is 0 Å². The number of amides is 3. The Bertz CT molecular complexity index is 3960. The van der Waals surface area contributed by atoms with Crippen LogP contribution in [0.2, 0.25) is 0 Å². The zero-order valence-electron chi connectivity index (χ0n) is 46.2. The first-order valence-corrected chi connectivity index (χ1v) is 32.7. The summed E-state index contributed by atoms with van der Waals surface area (Å²) >= 11 is 0.685. The number of halogens is 2. The largest absolute Gasteiger partial charge is 0.389 e. The van der Waals surface area contributed by atoms with Crippen LogP contribution < -0.4 is 27.0 Å². The number of nitrogens with two attached hydrogens (primary N) is 2. The van der Waals surface area contributed by atoms with Crippen molar-refractivity contribution < 1.29 is 59.9 Å². The summed E-state index contributed by atoms with van der Waals surface area (Å²) in [6, 6.07) is 22.2. The standard InChI is InChI=1S/C53H57BF2N16O11P2S/c1-2-39(75)69-21-30-10-5-6-11-32(30)42-45(33-12-7-8-13-34(33)69)72(68-67-42)19-9-3-4-14-37(73)59-20-38(74)66-31-17-15-29(16-18-31)24-86-85(77)79-23-36-46(40(55)52(81-36)70-27-64-43-48(57)60-25-62-50(43)70)82-84(54,76)78-22-35-47(83-85)41(56)53(80-35)71-28-65-44-49(58)61-26-63-51(44)71/h5-8,10-13,15-18,25-28,35-36,40-41,46-47,52-53H,2-4,9,14,19-24,54H2,1H3,(H,59,73)(H,66,74)(H2,57,60,62)(H2,58,61,63)/t35-,36-,40-,41-,46-,47-,52-,53-,84+,85-/m1/s1. The maximum absolute atomic E-state index is 17.0. The number of carbonyl (C=O) groups excluding carboxylic acids is 3. The summed E-state index contributed by atoms with van der Waals surface area (Å²) in [5.74, 6) is -0.781. The van der Waals surface area contributed by atoms with Crippen molar-refractivity contribution >= 4 is 96.3 Å². The number of imidazole rings is 2. The van der Waals surface area contributed by atoms with Crippen molar-refractivity contribution in [3.8, 4) is 22.5 Å². The van der Waals surface area contributed by atoms with Crippen molar-refractivity contribution in [3.05, 3.63) is 109 Å². The Hall–Kier alpha value is -7.60. The van der Waals surface area contributed by atoms with Crippen molar-refractivity contribution in [2.75, 3.05) is 41.4 Å². The van der Waals surface area contributed by atoms with Crippen LogP contribution in [0.1, 0.15) is 62.6 Å². The second-order valence-electron chi connectivity index (χ2n) is 20.8. The predicted octanol–water partition coefficient (Wildman–Crippen LogP) is 6.40. The Labute approximate surface area is 493 Å². The highest BCUT2D eigenvalue weighted by atomic mass is 32.7. The molecule has 3 saturated heterocycles. The summed E-state index contributed by atoms with van der Waals surface area (Å²) in [4.78, 5) is 65.8. The molecular weight excluding hydrogens is 1180 g/mol. The second-order valence-corrected chi connectivity index (χ2v) is 26.8. The Balaban J connectivity index is 0.675.